The fourth-order valence-electron chi connectivity index (χ4n) is 2.17. The first-order valence-corrected chi connectivity index (χ1v) is 6.71. The molecule has 3 nitrogen and oxygen atoms in total. The second-order valence-electron chi connectivity index (χ2n) is 4.87. The molecule has 1 amide bonds. The molecule has 0 heterocycles. The van der Waals surface area contributed by atoms with Gasteiger partial charge in [-0.2, -0.15) is 0 Å². The van der Waals surface area contributed by atoms with Crippen LogP contribution in [0.2, 0.25) is 0 Å². The summed E-state index contributed by atoms with van der Waals surface area (Å²) >= 11 is 0. The van der Waals surface area contributed by atoms with Crippen LogP contribution >= 0.6 is 0 Å². The number of aliphatic hydroxyl groups excluding tert-OH is 1. The predicted octanol–water partition coefficient (Wildman–Crippen LogP) is 2.66. The molecule has 0 aliphatic carbocycles. The lowest BCUT2D eigenvalue weighted by Crippen LogP contribution is -2.36. The topological polar surface area (TPSA) is 49.3 Å². The summed E-state index contributed by atoms with van der Waals surface area (Å²) in [4.78, 5) is 11.9. The molecule has 0 aliphatic rings. The van der Waals surface area contributed by atoms with Gasteiger partial charge < -0.3 is 10.4 Å². The van der Waals surface area contributed by atoms with Crippen LogP contribution in [0, 0.1) is 18.7 Å². The SMILES string of the molecule is CCC(CC)C(O)CNC(=O)c1cc(C)cc(F)c1. The van der Waals surface area contributed by atoms with E-state index in [1.807, 2.05) is 13.8 Å². The minimum Gasteiger partial charge on any atom is -0.391 e. The fourth-order valence-corrected chi connectivity index (χ4v) is 2.17. The van der Waals surface area contributed by atoms with Crippen molar-refractivity contribution in [2.75, 3.05) is 6.54 Å². The Morgan fingerprint density at radius 1 is 1.32 bits per heavy atom. The minimum atomic E-state index is -0.561. The summed E-state index contributed by atoms with van der Waals surface area (Å²) in [6.07, 6.45) is 1.17. The summed E-state index contributed by atoms with van der Waals surface area (Å²) in [7, 11) is 0. The van der Waals surface area contributed by atoms with Gasteiger partial charge in [-0.05, 0) is 36.6 Å². The van der Waals surface area contributed by atoms with Crippen LogP contribution in [0.25, 0.3) is 0 Å². The summed E-state index contributed by atoms with van der Waals surface area (Å²) < 4.78 is 13.2. The van der Waals surface area contributed by atoms with Crippen LogP contribution in [0.5, 0.6) is 0 Å². The Bertz CT molecular complexity index is 410. The molecular formula is C15H22FNO2. The zero-order valence-electron chi connectivity index (χ0n) is 11.7. The number of aliphatic hydroxyl groups is 1. The molecule has 0 aromatic heterocycles. The molecule has 1 atom stereocenters. The summed E-state index contributed by atoms with van der Waals surface area (Å²) in [6, 6.07) is 4.20. The lowest BCUT2D eigenvalue weighted by Gasteiger charge is -2.20. The van der Waals surface area contributed by atoms with Crippen molar-refractivity contribution in [3.8, 4) is 0 Å². The van der Waals surface area contributed by atoms with E-state index in [1.54, 1.807) is 13.0 Å². The van der Waals surface area contributed by atoms with E-state index in [-0.39, 0.29) is 23.9 Å². The van der Waals surface area contributed by atoms with Gasteiger partial charge in [0.15, 0.2) is 0 Å². The molecule has 1 unspecified atom stereocenters. The molecule has 0 bridgehead atoms. The van der Waals surface area contributed by atoms with E-state index >= 15 is 0 Å². The van der Waals surface area contributed by atoms with Crippen molar-refractivity contribution in [2.24, 2.45) is 5.92 Å². The first-order chi connectivity index (χ1) is 8.97. The van der Waals surface area contributed by atoms with Crippen LogP contribution in [-0.4, -0.2) is 23.7 Å². The Morgan fingerprint density at radius 3 is 2.47 bits per heavy atom. The summed E-state index contributed by atoms with van der Waals surface area (Å²) in [5.41, 5.74) is 0.986. The lowest BCUT2D eigenvalue weighted by molar-refractivity contribution is 0.0816. The molecule has 1 aromatic carbocycles. The van der Waals surface area contributed by atoms with Gasteiger partial charge in [-0.1, -0.05) is 26.7 Å². The Labute approximate surface area is 113 Å². The van der Waals surface area contributed by atoms with Gasteiger partial charge in [-0.25, -0.2) is 4.39 Å². The zero-order chi connectivity index (χ0) is 14.4. The van der Waals surface area contributed by atoms with Crippen LogP contribution in [0.3, 0.4) is 0 Å². The Kier molecular flexibility index (Phi) is 5.96. The van der Waals surface area contributed by atoms with Gasteiger partial charge in [0.2, 0.25) is 0 Å². The predicted molar refractivity (Wildman–Crippen MR) is 73.5 cm³/mol. The van der Waals surface area contributed by atoms with Crippen LogP contribution in [-0.2, 0) is 0 Å². The van der Waals surface area contributed by atoms with Crippen LogP contribution in [0.4, 0.5) is 4.39 Å². The zero-order valence-corrected chi connectivity index (χ0v) is 11.7. The quantitative estimate of drug-likeness (QED) is 0.832. The van der Waals surface area contributed by atoms with Crippen molar-refractivity contribution in [3.63, 3.8) is 0 Å². The van der Waals surface area contributed by atoms with E-state index in [4.69, 9.17) is 0 Å². The van der Waals surface area contributed by atoms with Gasteiger partial charge in [0.05, 0.1) is 6.10 Å². The van der Waals surface area contributed by atoms with E-state index in [1.165, 1.54) is 12.1 Å². The number of halogens is 1. The summed E-state index contributed by atoms with van der Waals surface area (Å²) in [5.74, 6) is -0.604. The molecule has 2 N–H and O–H groups in total. The smallest absolute Gasteiger partial charge is 0.251 e. The molecule has 4 heteroatoms. The standard InChI is InChI=1S/C15H22FNO2/c1-4-11(5-2)14(18)9-17-15(19)12-6-10(3)7-13(16)8-12/h6-8,11,14,18H,4-5,9H2,1-3H3,(H,17,19). The van der Waals surface area contributed by atoms with E-state index < -0.39 is 11.9 Å². The Hall–Kier alpha value is -1.42. The molecule has 0 fully saturated rings. The number of hydrogen-bond acceptors (Lipinski definition) is 2. The summed E-state index contributed by atoms with van der Waals surface area (Å²) in [6.45, 7) is 5.95. The summed E-state index contributed by atoms with van der Waals surface area (Å²) in [5, 5.41) is 12.6. The molecule has 0 spiro atoms. The third-order valence-electron chi connectivity index (χ3n) is 3.37. The number of carbonyl (C=O) groups excluding carboxylic acids is 1. The Balaban J connectivity index is 2.60. The fraction of sp³-hybridized carbons (Fsp3) is 0.533. The molecular weight excluding hydrogens is 245 g/mol. The molecule has 106 valence electrons. The third-order valence-corrected chi connectivity index (χ3v) is 3.37. The maximum Gasteiger partial charge on any atom is 0.251 e. The number of benzene rings is 1. The molecule has 0 saturated carbocycles. The molecule has 1 aromatic rings. The molecule has 19 heavy (non-hydrogen) atoms. The molecule has 1 rings (SSSR count). The highest BCUT2D eigenvalue weighted by Gasteiger charge is 2.17. The number of amides is 1. The lowest BCUT2D eigenvalue weighted by atomic mass is 9.96. The monoisotopic (exact) mass is 267 g/mol. The highest BCUT2D eigenvalue weighted by molar-refractivity contribution is 5.94. The maximum atomic E-state index is 13.2. The molecule has 0 radical (unpaired) electrons. The van der Waals surface area contributed by atoms with Gasteiger partial charge in [0.25, 0.3) is 5.91 Å². The number of rotatable bonds is 6. The number of aryl methyl sites for hydroxylation is 1. The van der Waals surface area contributed by atoms with Gasteiger partial charge in [0, 0.05) is 12.1 Å². The van der Waals surface area contributed by atoms with E-state index in [0.717, 1.165) is 12.8 Å². The van der Waals surface area contributed by atoms with Gasteiger partial charge in [0.1, 0.15) is 5.82 Å². The first kappa shape index (κ1) is 15.6. The normalized spacial score (nSPS) is 12.5. The number of nitrogens with one attached hydrogen (secondary N) is 1. The van der Waals surface area contributed by atoms with Gasteiger partial charge >= 0.3 is 0 Å². The van der Waals surface area contributed by atoms with E-state index in [2.05, 4.69) is 5.32 Å². The molecule has 0 aliphatic heterocycles. The van der Waals surface area contributed by atoms with Crippen LogP contribution in [0.15, 0.2) is 18.2 Å². The van der Waals surface area contributed by atoms with Crippen molar-refractivity contribution in [2.45, 2.75) is 39.7 Å². The van der Waals surface area contributed by atoms with Crippen molar-refractivity contribution in [3.05, 3.63) is 35.1 Å². The van der Waals surface area contributed by atoms with E-state index in [9.17, 15) is 14.3 Å². The van der Waals surface area contributed by atoms with Gasteiger partial charge in [-0.3, -0.25) is 4.79 Å². The minimum absolute atomic E-state index is 0.176. The molecule has 0 saturated heterocycles. The van der Waals surface area contributed by atoms with Crippen molar-refractivity contribution in [1.29, 1.82) is 0 Å². The average Bonchev–Trinajstić information content (AvgIpc) is 2.36. The highest BCUT2D eigenvalue weighted by Crippen LogP contribution is 2.13. The highest BCUT2D eigenvalue weighted by atomic mass is 19.1. The van der Waals surface area contributed by atoms with E-state index in [0.29, 0.717) is 5.56 Å². The van der Waals surface area contributed by atoms with Crippen molar-refractivity contribution in [1.82, 2.24) is 5.32 Å². The van der Waals surface area contributed by atoms with Crippen LogP contribution in [0.1, 0.15) is 42.6 Å². The first-order valence-electron chi connectivity index (χ1n) is 6.71. The van der Waals surface area contributed by atoms with Gasteiger partial charge in [-0.15, -0.1) is 0 Å². The second kappa shape index (κ2) is 7.24. The van der Waals surface area contributed by atoms with Crippen molar-refractivity contribution < 1.29 is 14.3 Å². The third kappa shape index (κ3) is 4.63. The number of carbonyl (C=O) groups is 1. The largest absolute Gasteiger partial charge is 0.391 e. The average molecular weight is 267 g/mol. The maximum absolute atomic E-state index is 13.2. The van der Waals surface area contributed by atoms with Crippen molar-refractivity contribution >= 4 is 5.91 Å². The number of hydrogen-bond donors (Lipinski definition) is 2. The van der Waals surface area contributed by atoms with Crippen LogP contribution < -0.4 is 5.32 Å². The Morgan fingerprint density at radius 2 is 1.95 bits per heavy atom. The second-order valence-corrected chi connectivity index (χ2v) is 4.87.